The van der Waals surface area contributed by atoms with Crippen LogP contribution < -0.4 is 0 Å². The lowest BCUT2D eigenvalue weighted by molar-refractivity contribution is 0.601. The maximum Gasteiger partial charge on any atom is 0.175 e. The fourth-order valence-corrected chi connectivity index (χ4v) is 1.95. The predicted octanol–water partition coefficient (Wildman–Crippen LogP) is 2.05. The Hall–Kier alpha value is -1.27. The number of hydrogen-bond donors (Lipinski definition) is 0. The molecule has 0 aliphatic rings. The van der Waals surface area contributed by atoms with E-state index in [1.807, 2.05) is 6.07 Å². The quantitative estimate of drug-likeness (QED) is 0.733. The Kier molecular flexibility index (Phi) is 3.93. The van der Waals surface area contributed by atoms with Crippen LogP contribution in [0.5, 0.6) is 0 Å². The summed E-state index contributed by atoms with van der Waals surface area (Å²) in [6, 6.07) is 7.02. The molecule has 0 saturated carbocycles. The van der Waals surface area contributed by atoms with Crippen LogP contribution in [0.3, 0.4) is 0 Å². The fourth-order valence-electron chi connectivity index (χ4n) is 1.26. The second kappa shape index (κ2) is 4.99. The van der Waals surface area contributed by atoms with E-state index in [2.05, 4.69) is 11.8 Å². The largest absolute Gasteiger partial charge is 0.224 e. The molecule has 0 fully saturated rings. The van der Waals surface area contributed by atoms with Crippen molar-refractivity contribution in [2.75, 3.05) is 6.26 Å². The summed E-state index contributed by atoms with van der Waals surface area (Å²) in [6.45, 7) is 1.80. The summed E-state index contributed by atoms with van der Waals surface area (Å²) in [7, 11) is -3.09. The molecule has 1 rings (SSSR count). The van der Waals surface area contributed by atoms with Gasteiger partial charge in [-0.05, 0) is 31.0 Å². The van der Waals surface area contributed by atoms with Gasteiger partial charge in [-0.1, -0.05) is 12.1 Å². The lowest BCUT2D eigenvalue weighted by Crippen LogP contribution is -1.97. The van der Waals surface area contributed by atoms with Crippen LogP contribution in [-0.4, -0.2) is 14.7 Å². The van der Waals surface area contributed by atoms with Gasteiger partial charge in [0.25, 0.3) is 0 Å². The minimum atomic E-state index is -3.09. The van der Waals surface area contributed by atoms with Gasteiger partial charge in [0.05, 0.1) is 4.90 Å². The van der Waals surface area contributed by atoms with E-state index in [4.69, 9.17) is 0 Å². The Balaban J connectivity index is 2.87. The summed E-state index contributed by atoms with van der Waals surface area (Å²) in [5.41, 5.74) is 1.01. The maximum absolute atomic E-state index is 11.3. The van der Waals surface area contributed by atoms with Gasteiger partial charge in [0.1, 0.15) is 0 Å². The van der Waals surface area contributed by atoms with Gasteiger partial charge < -0.3 is 0 Å². The first kappa shape index (κ1) is 11.8. The number of benzene rings is 1. The second-order valence-electron chi connectivity index (χ2n) is 3.35. The van der Waals surface area contributed by atoms with Gasteiger partial charge in [-0.15, -0.1) is 11.8 Å². The minimum absolute atomic E-state index is 0.379. The maximum atomic E-state index is 11.3. The Morgan fingerprint density at radius 1 is 1.33 bits per heavy atom. The third-order valence-electron chi connectivity index (χ3n) is 2.04. The molecular formula is C12H14O2S. The van der Waals surface area contributed by atoms with Gasteiger partial charge in [-0.2, -0.15) is 0 Å². The highest BCUT2D eigenvalue weighted by Gasteiger charge is 2.06. The molecule has 1 aromatic rings. The van der Waals surface area contributed by atoms with Gasteiger partial charge in [-0.3, -0.25) is 0 Å². The van der Waals surface area contributed by atoms with Gasteiger partial charge in [0.15, 0.2) is 9.84 Å². The predicted molar refractivity (Wildman–Crippen MR) is 61.3 cm³/mol. The first-order chi connectivity index (χ1) is 7.04. The van der Waals surface area contributed by atoms with Crippen LogP contribution >= 0.6 is 0 Å². The van der Waals surface area contributed by atoms with Crippen molar-refractivity contribution in [2.45, 2.75) is 24.7 Å². The summed E-state index contributed by atoms with van der Waals surface area (Å²) < 4.78 is 22.6. The summed E-state index contributed by atoms with van der Waals surface area (Å²) in [6.07, 6.45) is 2.78. The van der Waals surface area contributed by atoms with Crippen LogP contribution in [-0.2, 0) is 16.3 Å². The Bertz CT molecular complexity index is 490. The SMILES string of the molecule is CC#CCCc1cccc(S(C)(=O)=O)c1. The highest BCUT2D eigenvalue weighted by atomic mass is 32.2. The van der Waals surface area contributed by atoms with Crippen molar-refractivity contribution in [3.05, 3.63) is 29.8 Å². The molecule has 0 amide bonds. The van der Waals surface area contributed by atoms with Gasteiger partial charge in [-0.25, -0.2) is 8.42 Å². The van der Waals surface area contributed by atoms with E-state index in [0.717, 1.165) is 18.4 Å². The number of sulfone groups is 1. The lowest BCUT2D eigenvalue weighted by atomic mass is 10.1. The zero-order chi connectivity index (χ0) is 11.3. The van der Waals surface area contributed by atoms with Crippen LogP contribution in [0.25, 0.3) is 0 Å². The van der Waals surface area contributed by atoms with E-state index in [-0.39, 0.29) is 0 Å². The molecule has 0 radical (unpaired) electrons. The van der Waals surface area contributed by atoms with E-state index in [1.165, 1.54) is 6.26 Å². The average molecular weight is 222 g/mol. The average Bonchev–Trinajstić information content (AvgIpc) is 2.17. The molecule has 0 atom stereocenters. The van der Waals surface area contributed by atoms with E-state index in [0.29, 0.717) is 4.90 Å². The third kappa shape index (κ3) is 3.77. The van der Waals surface area contributed by atoms with Crippen LogP contribution in [0.15, 0.2) is 29.2 Å². The molecule has 0 saturated heterocycles. The summed E-state index contributed by atoms with van der Waals surface area (Å²) in [5.74, 6) is 5.77. The molecule has 15 heavy (non-hydrogen) atoms. The van der Waals surface area contributed by atoms with Crippen molar-refractivity contribution >= 4 is 9.84 Å². The van der Waals surface area contributed by atoms with Crippen molar-refractivity contribution in [3.8, 4) is 11.8 Å². The molecule has 0 aromatic heterocycles. The van der Waals surface area contributed by atoms with Crippen molar-refractivity contribution in [1.29, 1.82) is 0 Å². The lowest BCUT2D eigenvalue weighted by Gasteiger charge is -2.01. The van der Waals surface area contributed by atoms with Crippen molar-refractivity contribution in [3.63, 3.8) is 0 Å². The molecule has 3 heteroatoms. The summed E-state index contributed by atoms with van der Waals surface area (Å²) >= 11 is 0. The molecule has 80 valence electrons. The molecule has 2 nitrogen and oxygen atoms in total. The highest BCUT2D eigenvalue weighted by Crippen LogP contribution is 2.12. The molecule has 1 aromatic carbocycles. The zero-order valence-corrected chi connectivity index (χ0v) is 9.76. The van der Waals surface area contributed by atoms with E-state index in [1.54, 1.807) is 25.1 Å². The molecule has 0 N–H and O–H groups in total. The summed E-state index contributed by atoms with van der Waals surface area (Å²) in [4.78, 5) is 0.379. The zero-order valence-electron chi connectivity index (χ0n) is 8.95. The monoisotopic (exact) mass is 222 g/mol. The smallest absolute Gasteiger partial charge is 0.175 e. The Labute approximate surface area is 91.2 Å². The molecular weight excluding hydrogens is 208 g/mol. The number of hydrogen-bond acceptors (Lipinski definition) is 2. The molecule has 0 aliphatic carbocycles. The summed E-state index contributed by atoms with van der Waals surface area (Å²) in [5, 5.41) is 0. The van der Waals surface area contributed by atoms with Crippen LogP contribution in [0.1, 0.15) is 18.9 Å². The van der Waals surface area contributed by atoms with Crippen molar-refractivity contribution in [2.24, 2.45) is 0 Å². The first-order valence-corrected chi connectivity index (χ1v) is 6.62. The topological polar surface area (TPSA) is 34.1 Å². The van der Waals surface area contributed by atoms with Crippen molar-refractivity contribution in [1.82, 2.24) is 0 Å². The second-order valence-corrected chi connectivity index (χ2v) is 5.36. The normalized spacial score (nSPS) is 10.5. The fraction of sp³-hybridized carbons (Fsp3) is 0.333. The van der Waals surface area contributed by atoms with Crippen LogP contribution in [0, 0.1) is 11.8 Å². The number of rotatable bonds is 3. The van der Waals surface area contributed by atoms with Gasteiger partial charge >= 0.3 is 0 Å². The van der Waals surface area contributed by atoms with Gasteiger partial charge in [0, 0.05) is 12.7 Å². The van der Waals surface area contributed by atoms with Gasteiger partial charge in [0.2, 0.25) is 0 Å². The third-order valence-corrected chi connectivity index (χ3v) is 3.15. The Morgan fingerprint density at radius 2 is 2.07 bits per heavy atom. The molecule has 0 aliphatic heterocycles. The van der Waals surface area contributed by atoms with E-state index < -0.39 is 9.84 Å². The molecule has 0 unspecified atom stereocenters. The molecule has 0 heterocycles. The first-order valence-electron chi connectivity index (χ1n) is 4.72. The number of aryl methyl sites for hydroxylation is 1. The molecule has 0 bridgehead atoms. The van der Waals surface area contributed by atoms with Crippen LogP contribution in [0.2, 0.25) is 0 Å². The minimum Gasteiger partial charge on any atom is -0.224 e. The standard InChI is InChI=1S/C12H14O2S/c1-3-4-5-7-11-8-6-9-12(10-11)15(2,13)14/h6,8-10H,5,7H2,1-2H3. The van der Waals surface area contributed by atoms with E-state index in [9.17, 15) is 8.42 Å². The van der Waals surface area contributed by atoms with Crippen molar-refractivity contribution < 1.29 is 8.42 Å². The highest BCUT2D eigenvalue weighted by molar-refractivity contribution is 7.90. The van der Waals surface area contributed by atoms with E-state index >= 15 is 0 Å². The Morgan fingerprint density at radius 3 is 2.67 bits per heavy atom. The molecule has 0 spiro atoms. The van der Waals surface area contributed by atoms with Crippen LogP contribution in [0.4, 0.5) is 0 Å².